The van der Waals surface area contributed by atoms with Crippen molar-refractivity contribution in [3.63, 3.8) is 0 Å². The molecular formula is C13H21Cl2N3O. The lowest BCUT2D eigenvalue weighted by Gasteiger charge is -2.12. The second-order valence-electron chi connectivity index (χ2n) is 4.47. The molecule has 0 aliphatic rings. The fraction of sp³-hybridized carbons (Fsp3) is 0.462. The van der Waals surface area contributed by atoms with Gasteiger partial charge in [0.2, 0.25) is 0 Å². The first-order chi connectivity index (χ1) is 8.50. The number of hydrogen-bond donors (Lipinski definition) is 2. The number of nitrogens with one attached hydrogen (secondary N) is 2. The fourth-order valence-corrected chi connectivity index (χ4v) is 1.81. The Bertz CT molecular complexity index is 391. The van der Waals surface area contributed by atoms with E-state index in [1.54, 1.807) is 6.07 Å². The predicted octanol–water partition coefficient (Wildman–Crippen LogP) is 3.14. The summed E-state index contributed by atoms with van der Waals surface area (Å²) in [4.78, 5) is 13.7. The number of aryl methyl sites for hydroxylation is 1. The molecular weight excluding hydrogens is 285 g/mol. The van der Waals surface area contributed by atoms with Crippen LogP contribution >= 0.6 is 24.0 Å². The van der Waals surface area contributed by atoms with E-state index < -0.39 is 0 Å². The quantitative estimate of drug-likeness (QED) is 0.821. The Morgan fingerprint density at radius 2 is 2.05 bits per heavy atom. The van der Waals surface area contributed by atoms with Gasteiger partial charge in [0.1, 0.15) is 0 Å². The molecule has 0 aliphatic heterocycles. The van der Waals surface area contributed by atoms with Crippen LogP contribution in [0.15, 0.2) is 18.2 Å². The second kappa shape index (κ2) is 9.02. The molecule has 0 spiro atoms. The summed E-state index contributed by atoms with van der Waals surface area (Å²) in [6.07, 6.45) is 0.919. The molecule has 6 heteroatoms. The van der Waals surface area contributed by atoms with E-state index in [2.05, 4.69) is 15.5 Å². The highest BCUT2D eigenvalue weighted by atomic mass is 35.5. The summed E-state index contributed by atoms with van der Waals surface area (Å²) in [6.45, 7) is 3.51. The molecule has 0 atom stereocenters. The monoisotopic (exact) mass is 305 g/mol. The van der Waals surface area contributed by atoms with Gasteiger partial charge in [-0.3, -0.25) is 0 Å². The molecule has 0 bridgehead atoms. The topological polar surface area (TPSA) is 44.4 Å². The highest BCUT2D eigenvalue weighted by Crippen LogP contribution is 2.24. The van der Waals surface area contributed by atoms with Crippen LogP contribution < -0.4 is 10.6 Å². The highest BCUT2D eigenvalue weighted by Gasteiger charge is 2.07. The average Bonchev–Trinajstić information content (AvgIpc) is 2.29. The van der Waals surface area contributed by atoms with Crippen LogP contribution in [0.3, 0.4) is 0 Å². The van der Waals surface area contributed by atoms with Crippen molar-refractivity contribution >= 4 is 35.7 Å². The average molecular weight is 306 g/mol. The normalized spacial score (nSPS) is 9.95. The first kappa shape index (κ1) is 18.0. The summed E-state index contributed by atoms with van der Waals surface area (Å²) in [5, 5.41) is 6.13. The lowest BCUT2D eigenvalue weighted by Crippen LogP contribution is -2.31. The number of rotatable bonds is 5. The van der Waals surface area contributed by atoms with E-state index in [0.717, 1.165) is 18.5 Å². The minimum atomic E-state index is -0.218. The molecule has 19 heavy (non-hydrogen) atoms. The third-order valence-corrected chi connectivity index (χ3v) is 2.84. The zero-order valence-corrected chi connectivity index (χ0v) is 13.1. The SMILES string of the molecule is Cc1cccc(Cl)c1NC(=O)NCCCN(C)C.Cl. The van der Waals surface area contributed by atoms with Crippen molar-refractivity contribution in [2.24, 2.45) is 0 Å². The number of carbonyl (C=O) groups is 1. The van der Waals surface area contributed by atoms with Gasteiger partial charge in [-0.05, 0) is 45.6 Å². The summed E-state index contributed by atoms with van der Waals surface area (Å²) in [5.74, 6) is 0. The summed E-state index contributed by atoms with van der Waals surface area (Å²) < 4.78 is 0. The molecule has 2 amide bonds. The number of nitrogens with zero attached hydrogens (tertiary/aromatic N) is 1. The first-order valence-electron chi connectivity index (χ1n) is 5.95. The highest BCUT2D eigenvalue weighted by molar-refractivity contribution is 6.33. The smallest absolute Gasteiger partial charge is 0.319 e. The lowest BCUT2D eigenvalue weighted by atomic mass is 10.2. The van der Waals surface area contributed by atoms with E-state index in [0.29, 0.717) is 17.3 Å². The van der Waals surface area contributed by atoms with Crippen LogP contribution in [-0.4, -0.2) is 38.1 Å². The Hall–Kier alpha value is -0.970. The van der Waals surface area contributed by atoms with Gasteiger partial charge in [-0.2, -0.15) is 0 Å². The fourth-order valence-electron chi connectivity index (χ4n) is 1.55. The van der Waals surface area contributed by atoms with Crippen molar-refractivity contribution in [1.29, 1.82) is 0 Å². The van der Waals surface area contributed by atoms with Crippen molar-refractivity contribution in [3.05, 3.63) is 28.8 Å². The molecule has 0 radical (unpaired) electrons. The third-order valence-electron chi connectivity index (χ3n) is 2.53. The van der Waals surface area contributed by atoms with E-state index in [1.165, 1.54) is 0 Å². The molecule has 1 aromatic rings. The molecule has 0 fully saturated rings. The maximum Gasteiger partial charge on any atom is 0.319 e. The molecule has 0 unspecified atom stereocenters. The zero-order valence-electron chi connectivity index (χ0n) is 11.5. The number of halogens is 2. The van der Waals surface area contributed by atoms with Gasteiger partial charge in [-0.15, -0.1) is 12.4 Å². The van der Waals surface area contributed by atoms with Crippen LogP contribution in [0, 0.1) is 6.92 Å². The van der Waals surface area contributed by atoms with Crippen LogP contribution in [-0.2, 0) is 0 Å². The molecule has 0 aromatic heterocycles. The molecule has 108 valence electrons. The van der Waals surface area contributed by atoms with E-state index >= 15 is 0 Å². The second-order valence-corrected chi connectivity index (χ2v) is 4.88. The maximum atomic E-state index is 11.7. The molecule has 1 aromatic carbocycles. The van der Waals surface area contributed by atoms with Crippen LogP contribution in [0.5, 0.6) is 0 Å². The molecule has 0 heterocycles. The first-order valence-corrected chi connectivity index (χ1v) is 6.33. The van der Waals surface area contributed by atoms with Crippen molar-refractivity contribution in [2.75, 3.05) is 32.5 Å². The Morgan fingerprint density at radius 1 is 1.37 bits per heavy atom. The van der Waals surface area contributed by atoms with Gasteiger partial charge in [-0.1, -0.05) is 23.7 Å². The van der Waals surface area contributed by atoms with Gasteiger partial charge in [0, 0.05) is 6.54 Å². The van der Waals surface area contributed by atoms with Crippen LogP contribution in [0.4, 0.5) is 10.5 Å². The zero-order chi connectivity index (χ0) is 13.5. The Morgan fingerprint density at radius 3 is 2.63 bits per heavy atom. The van der Waals surface area contributed by atoms with Gasteiger partial charge in [-0.25, -0.2) is 4.79 Å². The standard InChI is InChI=1S/C13H20ClN3O.ClH/c1-10-6-4-7-11(14)12(10)16-13(18)15-8-5-9-17(2)3;/h4,6-7H,5,8-9H2,1-3H3,(H2,15,16,18);1H. The molecule has 1 rings (SSSR count). The van der Waals surface area contributed by atoms with Gasteiger partial charge < -0.3 is 15.5 Å². The number of hydrogen-bond acceptors (Lipinski definition) is 2. The van der Waals surface area contributed by atoms with Crippen LogP contribution in [0.1, 0.15) is 12.0 Å². The number of urea groups is 1. The number of para-hydroxylation sites is 1. The van der Waals surface area contributed by atoms with Crippen molar-refractivity contribution in [1.82, 2.24) is 10.2 Å². The Balaban J connectivity index is 0.00000324. The van der Waals surface area contributed by atoms with Gasteiger partial charge in [0.05, 0.1) is 10.7 Å². The van der Waals surface area contributed by atoms with E-state index in [1.807, 2.05) is 33.2 Å². The minimum Gasteiger partial charge on any atom is -0.338 e. The number of amides is 2. The minimum absolute atomic E-state index is 0. The van der Waals surface area contributed by atoms with Crippen molar-refractivity contribution in [2.45, 2.75) is 13.3 Å². The van der Waals surface area contributed by atoms with Crippen molar-refractivity contribution < 1.29 is 4.79 Å². The third kappa shape index (κ3) is 6.66. The van der Waals surface area contributed by atoms with E-state index in [9.17, 15) is 4.79 Å². The molecule has 0 saturated carbocycles. The lowest BCUT2D eigenvalue weighted by molar-refractivity contribution is 0.251. The Labute approximate surface area is 125 Å². The van der Waals surface area contributed by atoms with Gasteiger partial charge >= 0.3 is 6.03 Å². The number of carbonyl (C=O) groups excluding carboxylic acids is 1. The number of anilines is 1. The molecule has 2 N–H and O–H groups in total. The van der Waals surface area contributed by atoms with Crippen molar-refractivity contribution in [3.8, 4) is 0 Å². The van der Waals surface area contributed by atoms with Gasteiger partial charge in [0.15, 0.2) is 0 Å². The largest absolute Gasteiger partial charge is 0.338 e. The molecule has 4 nitrogen and oxygen atoms in total. The maximum absolute atomic E-state index is 11.7. The Kier molecular flexibility index (Phi) is 8.56. The van der Waals surface area contributed by atoms with E-state index in [4.69, 9.17) is 11.6 Å². The molecule has 0 aliphatic carbocycles. The number of benzene rings is 1. The molecule has 0 saturated heterocycles. The summed E-state index contributed by atoms with van der Waals surface area (Å²) in [7, 11) is 4.01. The van der Waals surface area contributed by atoms with E-state index in [-0.39, 0.29) is 18.4 Å². The van der Waals surface area contributed by atoms with Crippen LogP contribution in [0.25, 0.3) is 0 Å². The summed E-state index contributed by atoms with van der Waals surface area (Å²) >= 11 is 6.03. The van der Waals surface area contributed by atoms with Crippen LogP contribution in [0.2, 0.25) is 5.02 Å². The summed E-state index contributed by atoms with van der Waals surface area (Å²) in [6, 6.07) is 5.31. The van der Waals surface area contributed by atoms with Gasteiger partial charge in [0.25, 0.3) is 0 Å². The summed E-state index contributed by atoms with van der Waals surface area (Å²) in [5.41, 5.74) is 1.62. The predicted molar refractivity (Wildman–Crippen MR) is 83.6 cm³/mol.